The third-order valence-electron chi connectivity index (χ3n) is 3.60. The van der Waals surface area contributed by atoms with Crippen molar-refractivity contribution in [2.75, 3.05) is 25.1 Å². The van der Waals surface area contributed by atoms with Gasteiger partial charge >= 0.3 is 0 Å². The number of hydrogen-bond donors (Lipinski definition) is 2. The molecule has 1 aromatic carbocycles. The van der Waals surface area contributed by atoms with E-state index in [-0.39, 0.29) is 11.8 Å². The van der Waals surface area contributed by atoms with Crippen molar-refractivity contribution in [3.63, 3.8) is 0 Å². The summed E-state index contributed by atoms with van der Waals surface area (Å²) >= 11 is 1.46. The van der Waals surface area contributed by atoms with Gasteiger partial charge in [0.2, 0.25) is 0 Å². The second-order valence-electron chi connectivity index (χ2n) is 5.59. The van der Waals surface area contributed by atoms with Crippen LogP contribution in [0, 0.1) is 0 Å². The minimum Gasteiger partial charge on any atom is -0.381 e. The van der Waals surface area contributed by atoms with Gasteiger partial charge in [-0.05, 0) is 36.4 Å². The van der Waals surface area contributed by atoms with Gasteiger partial charge in [-0.15, -0.1) is 0 Å². The first-order chi connectivity index (χ1) is 12.2. The first kappa shape index (κ1) is 19.1. The van der Waals surface area contributed by atoms with Gasteiger partial charge < -0.3 is 15.4 Å². The first-order valence-corrected chi connectivity index (χ1v) is 9.45. The zero-order chi connectivity index (χ0) is 17.9. The van der Waals surface area contributed by atoms with Crippen LogP contribution in [0.15, 0.2) is 41.1 Å². The molecule has 0 atom stereocenters. The highest BCUT2D eigenvalue weighted by atomic mass is 32.1. The van der Waals surface area contributed by atoms with Crippen molar-refractivity contribution < 1.29 is 14.3 Å². The number of amides is 2. The van der Waals surface area contributed by atoms with Crippen LogP contribution in [0.4, 0.5) is 5.69 Å². The highest BCUT2D eigenvalue weighted by Crippen LogP contribution is 2.17. The Hall–Kier alpha value is -2.18. The molecule has 2 rings (SSSR count). The Morgan fingerprint density at radius 1 is 1.08 bits per heavy atom. The molecule has 2 amide bonds. The summed E-state index contributed by atoms with van der Waals surface area (Å²) in [5.41, 5.74) is 1.55. The zero-order valence-electron chi connectivity index (χ0n) is 14.4. The summed E-state index contributed by atoms with van der Waals surface area (Å²) in [5, 5.41) is 9.29. The van der Waals surface area contributed by atoms with E-state index in [0.717, 1.165) is 25.9 Å². The lowest BCUT2D eigenvalue weighted by molar-refractivity contribution is 0.0941. The van der Waals surface area contributed by atoms with E-state index in [9.17, 15) is 9.59 Å². The molecule has 25 heavy (non-hydrogen) atoms. The third-order valence-corrected chi connectivity index (χ3v) is 4.28. The quantitative estimate of drug-likeness (QED) is 0.631. The van der Waals surface area contributed by atoms with Crippen molar-refractivity contribution in [1.29, 1.82) is 0 Å². The molecule has 0 fully saturated rings. The second kappa shape index (κ2) is 10.6. The number of rotatable bonds is 10. The van der Waals surface area contributed by atoms with E-state index in [4.69, 9.17) is 4.74 Å². The van der Waals surface area contributed by atoms with Crippen molar-refractivity contribution >= 4 is 28.8 Å². The fourth-order valence-electron chi connectivity index (χ4n) is 2.20. The first-order valence-electron chi connectivity index (χ1n) is 8.51. The van der Waals surface area contributed by atoms with E-state index in [0.29, 0.717) is 30.0 Å². The molecule has 0 unspecified atom stereocenters. The standard InChI is InChI=1S/C19H24N2O3S/c1-2-3-11-24-12-6-10-20-19(23)16-7-4-5-8-17(16)21-18(22)15-9-13-25-14-15/h4-5,7-9,13-14H,2-3,6,10-12H2,1H3,(H,20,23)(H,21,22). The maximum absolute atomic E-state index is 12.4. The van der Waals surface area contributed by atoms with E-state index in [1.807, 2.05) is 5.38 Å². The van der Waals surface area contributed by atoms with Gasteiger partial charge in [-0.25, -0.2) is 0 Å². The topological polar surface area (TPSA) is 67.4 Å². The molecule has 2 N–H and O–H groups in total. The van der Waals surface area contributed by atoms with Crippen molar-refractivity contribution in [3.8, 4) is 0 Å². The Kier molecular flexibility index (Phi) is 8.15. The Balaban J connectivity index is 1.84. The molecule has 0 saturated carbocycles. The summed E-state index contributed by atoms with van der Waals surface area (Å²) in [6.07, 6.45) is 2.94. The number of anilines is 1. The molecule has 6 heteroatoms. The number of carbonyl (C=O) groups is 2. The molecule has 0 bridgehead atoms. The largest absolute Gasteiger partial charge is 0.381 e. The average molecular weight is 360 g/mol. The number of hydrogen-bond acceptors (Lipinski definition) is 4. The molecule has 0 radical (unpaired) electrons. The number of ether oxygens (including phenoxy) is 1. The summed E-state index contributed by atoms with van der Waals surface area (Å²) in [7, 11) is 0. The molecule has 2 aromatic rings. The molecule has 5 nitrogen and oxygen atoms in total. The Bertz CT molecular complexity index is 671. The van der Waals surface area contributed by atoms with Crippen LogP contribution in [-0.2, 0) is 4.74 Å². The molecular formula is C19H24N2O3S. The van der Waals surface area contributed by atoms with E-state index in [1.165, 1.54) is 11.3 Å². The summed E-state index contributed by atoms with van der Waals surface area (Å²) in [5.74, 6) is -0.416. The SMILES string of the molecule is CCCCOCCCNC(=O)c1ccccc1NC(=O)c1ccsc1. The van der Waals surface area contributed by atoms with Crippen LogP contribution < -0.4 is 10.6 Å². The van der Waals surface area contributed by atoms with Gasteiger partial charge in [0, 0.05) is 25.1 Å². The van der Waals surface area contributed by atoms with Crippen molar-refractivity contribution in [1.82, 2.24) is 5.32 Å². The fourth-order valence-corrected chi connectivity index (χ4v) is 2.83. The Labute approximate surface area is 152 Å². The molecular weight excluding hydrogens is 336 g/mol. The molecule has 0 spiro atoms. The van der Waals surface area contributed by atoms with Gasteiger partial charge in [0.25, 0.3) is 11.8 Å². The molecule has 134 valence electrons. The number of unbranched alkanes of at least 4 members (excludes halogenated alkanes) is 1. The number of para-hydroxylation sites is 1. The highest BCUT2D eigenvalue weighted by Gasteiger charge is 2.13. The normalized spacial score (nSPS) is 10.4. The van der Waals surface area contributed by atoms with Gasteiger partial charge in [0.15, 0.2) is 0 Å². The van der Waals surface area contributed by atoms with Crippen LogP contribution in [0.5, 0.6) is 0 Å². The van der Waals surface area contributed by atoms with Gasteiger partial charge in [0.1, 0.15) is 0 Å². The van der Waals surface area contributed by atoms with E-state index in [1.54, 1.807) is 35.7 Å². The maximum Gasteiger partial charge on any atom is 0.256 e. The monoisotopic (exact) mass is 360 g/mol. The van der Waals surface area contributed by atoms with E-state index in [2.05, 4.69) is 17.6 Å². The van der Waals surface area contributed by atoms with E-state index < -0.39 is 0 Å². The molecule has 0 saturated heterocycles. The van der Waals surface area contributed by atoms with Crippen LogP contribution in [0.25, 0.3) is 0 Å². The number of carbonyl (C=O) groups excluding carboxylic acids is 2. The lowest BCUT2D eigenvalue weighted by Crippen LogP contribution is -2.26. The molecule has 0 aliphatic heterocycles. The lowest BCUT2D eigenvalue weighted by atomic mass is 10.1. The van der Waals surface area contributed by atoms with Crippen LogP contribution in [0.3, 0.4) is 0 Å². The third kappa shape index (κ3) is 6.32. The average Bonchev–Trinajstić information content (AvgIpc) is 3.16. The highest BCUT2D eigenvalue weighted by molar-refractivity contribution is 7.08. The predicted molar refractivity (Wildman–Crippen MR) is 101 cm³/mol. The zero-order valence-corrected chi connectivity index (χ0v) is 15.2. The van der Waals surface area contributed by atoms with Gasteiger partial charge in [-0.3, -0.25) is 9.59 Å². The minimum atomic E-state index is -0.217. The van der Waals surface area contributed by atoms with Gasteiger partial charge in [-0.2, -0.15) is 11.3 Å². The van der Waals surface area contributed by atoms with E-state index >= 15 is 0 Å². The fraction of sp³-hybridized carbons (Fsp3) is 0.368. The summed E-state index contributed by atoms with van der Waals surface area (Å²) in [6, 6.07) is 8.76. The van der Waals surface area contributed by atoms with Crippen LogP contribution >= 0.6 is 11.3 Å². The lowest BCUT2D eigenvalue weighted by Gasteiger charge is -2.11. The van der Waals surface area contributed by atoms with Crippen LogP contribution in [-0.4, -0.2) is 31.6 Å². The summed E-state index contributed by atoms with van der Waals surface area (Å²) < 4.78 is 5.47. The van der Waals surface area contributed by atoms with Crippen molar-refractivity contribution in [2.45, 2.75) is 26.2 Å². The molecule has 0 aliphatic carbocycles. The molecule has 0 aliphatic rings. The second-order valence-corrected chi connectivity index (χ2v) is 6.37. The summed E-state index contributed by atoms with van der Waals surface area (Å²) in [6.45, 7) is 4.06. The van der Waals surface area contributed by atoms with Gasteiger partial charge in [0.05, 0.1) is 16.8 Å². The van der Waals surface area contributed by atoms with Crippen LogP contribution in [0.2, 0.25) is 0 Å². The Morgan fingerprint density at radius 3 is 2.64 bits per heavy atom. The van der Waals surface area contributed by atoms with Gasteiger partial charge in [-0.1, -0.05) is 25.5 Å². The number of benzene rings is 1. The Morgan fingerprint density at radius 2 is 1.88 bits per heavy atom. The number of nitrogens with one attached hydrogen (secondary N) is 2. The number of thiophene rings is 1. The maximum atomic E-state index is 12.4. The summed E-state index contributed by atoms with van der Waals surface area (Å²) in [4.78, 5) is 24.6. The minimum absolute atomic E-state index is 0.199. The predicted octanol–water partition coefficient (Wildman–Crippen LogP) is 3.94. The smallest absolute Gasteiger partial charge is 0.256 e. The van der Waals surface area contributed by atoms with Crippen molar-refractivity contribution in [3.05, 3.63) is 52.2 Å². The van der Waals surface area contributed by atoms with Crippen LogP contribution in [0.1, 0.15) is 46.9 Å². The van der Waals surface area contributed by atoms with Crippen molar-refractivity contribution in [2.24, 2.45) is 0 Å². The molecule has 1 aromatic heterocycles. The molecule has 1 heterocycles.